The lowest BCUT2D eigenvalue weighted by Gasteiger charge is -2.21. The van der Waals surface area contributed by atoms with Crippen LogP contribution in [0.15, 0.2) is 35.1 Å². The topological polar surface area (TPSA) is 78.6 Å². The third kappa shape index (κ3) is 7.09. The van der Waals surface area contributed by atoms with Crippen molar-refractivity contribution in [1.82, 2.24) is 14.7 Å². The Bertz CT molecular complexity index is 866. The van der Waals surface area contributed by atoms with Gasteiger partial charge in [-0.2, -0.15) is 18.3 Å². The second kappa shape index (κ2) is 11.5. The first kappa shape index (κ1) is 26.1. The summed E-state index contributed by atoms with van der Waals surface area (Å²) in [6, 6.07) is 6.30. The highest BCUT2D eigenvalue weighted by atomic mass is 35.5. The fourth-order valence-corrected chi connectivity index (χ4v) is 2.97. The molecule has 0 aliphatic carbocycles. The van der Waals surface area contributed by atoms with Gasteiger partial charge in [-0.05, 0) is 24.1 Å². The fourth-order valence-electron chi connectivity index (χ4n) is 2.97. The molecule has 0 saturated heterocycles. The van der Waals surface area contributed by atoms with Crippen molar-refractivity contribution >= 4 is 12.4 Å². The van der Waals surface area contributed by atoms with Crippen molar-refractivity contribution in [3.8, 4) is 11.3 Å². The molecule has 2 aromatic rings. The first-order valence-corrected chi connectivity index (χ1v) is 9.38. The van der Waals surface area contributed by atoms with Gasteiger partial charge in [-0.25, -0.2) is 4.68 Å². The van der Waals surface area contributed by atoms with E-state index in [9.17, 15) is 28.2 Å². The lowest BCUT2D eigenvalue weighted by atomic mass is 10.1. The molecule has 0 aliphatic heterocycles. The zero-order chi connectivity index (χ0) is 21.6. The van der Waals surface area contributed by atoms with E-state index in [0.29, 0.717) is 12.1 Å². The largest absolute Gasteiger partial charge is 0.416 e. The molecular formula is C20H27ClF3N3O3. The molecule has 0 atom stereocenters. The standard InChI is InChI=1S/C20H26F3N3O3.ClH/c1-14(2)12-26-19(29)16(13-25(6-8-27)7-9-28)11-18(24-26)15-4-3-5-17(10-15)20(21,22)23;/h3-5,10-11,14,27-28H,6-9,12-13H2,1-2H3;1H. The van der Waals surface area contributed by atoms with Gasteiger partial charge < -0.3 is 10.2 Å². The number of aliphatic hydroxyl groups is 2. The maximum Gasteiger partial charge on any atom is 0.416 e. The van der Waals surface area contributed by atoms with E-state index in [-0.39, 0.29) is 68.0 Å². The Morgan fingerprint density at radius 3 is 2.30 bits per heavy atom. The van der Waals surface area contributed by atoms with Crippen LogP contribution >= 0.6 is 12.4 Å². The van der Waals surface area contributed by atoms with Gasteiger partial charge in [-0.1, -0.05) is 26.0 Å². The summed E-state index contributed by atoms with van der Waals surface area (Å²) in [7, 11) is 0. The molecule has 1 heterocycles. The molecule has 2 N–H and O–H groups in total. The van der Waals surface area contributed by atoms with Gasteiger partial charge in [0.15, 0.2) is 0 Å². The maximum absolute atomic E-state index is 13.1. The number of rotatable bonds is 9. The van der Waals surface area contributed by atoms with E-state index in [1.165, 1.54) is 22.9 Å². The monoisotopic (exact) mass is 449 g/mol. The SMILES string of the molecule is CC(C)Cn1nc(-c2cccc(C(F)(F)F)c2)cc(CN(CCO)CCO)c1=O.Cl. The smallest absolute Gasteiger partial charge is 0.395 e. The van der Waals surface area contributed by atoms with Gasteiger partial charge in [-0.3, -0.25) is 9.69 Å². The zero-order valence-corrected chi connectivity index (χ0v) is 17.7. The molecule has 6 nitrogen and oxygen atoms in total. The molecule has 1 aromatic carbocycles. The van der Waals surface area contributed by atoms with E-state index < -0.39 is 11.7 Å². The number of halogens is 4. The second-order valence-corrected chi connectivity index (χ2v) is 7.24. The lowest BCUT2D eigenvalue weighted by molar-refractivity contribution is -0.137. The highest BCUT2D eigenvalue weighted by Gasteiger charge is 2.30. The average molecular weight is 450 g/mol. The van der Waals surface area contributed by atoms with Crippen LogP contribution in [-0.2, 0) is 19.3 Å². The van der Waals surface area contributed by atoms with Crippen LogP contribution in [0.25, 0.3) is 11.3 Å². The van der Waals surface area contributed by atoms with Crippen molar-refractivity contribution in [2.45, 2.75) is 33.1 Å². The Labute approximate surface area is 179 Å². The van der Waals surface area contributed by atoms with Gasteiger partial charge in [0.2, 0.25) is 0 Å². The average Bonchev–Trinajstić information content (AvgIpc) is 2.64. The molecule has 0 spiro atoms. The van der Waals surface area contributed by atoms with Crippen molar-refractivity contribution in [2.24, 2.45) is 5.92 Å². The van der Waals surface area contributed by atoms with Gasteiger partial charge in [-0.15, -0.1) is 12.4 Å². The van der Waals surface area contributed by atoms with Gasteiger partial charge in [0, 0.05) is 37.3 Å². The summed E-state index contributed by atoms with van der Waals surface area (Å²) in [5.74, 6) is 0.107. The minimum absolute atomic E-state index is 0. The third-order valence-corrected chi connectivity index (χ3v) is 4.30. The van der Waals surface area contributed by atoms with Crippen molar-refractivity contribution in [2.75, 3.05) is 26.3 Å². The summed E-state index contributed by atoms with van der Waals surface area (Å²) in [4.78, 5) is 14.5. The minimum atomic E-state index is -4.48. The third-order valence-electron chi connectivity index (χ3n) is 4.30. The van der Waals surface area contributed by atoms with E-state index >= 15 is 0 Å². The summed E-state index contributed by atoms with van der Waals surface area (Å²) in [6.45, 7) is 4.50. The molecule has 0 aliphatic rings. The van der Waals surface area contributed by atoms with Gasteiger partial charge in [0.1, 0.15) is 0 Å². The van der Waals surface area contributed by atoms with Crippen molar-refractivity contribution in [3.63, 3.8) is 0 Å². The Hall–Kier alpha value is -1.94. The number of hydrogen-bond donors (Lipinski definition) is 2. The number of alkyl halides is 3. The van der Waals surface area contributed by atoms with Crippen LogP contribution in [0.3, 0.4) is 0 Å². The molecule has 0 amide bonds. The number of aromatic nitrogens is 2. The van der Waals surface area contributed by atoms with E-state index in [4.69, 9.17) is 0 Å². The van der Waals surface area contributed by atoms with Gasteiger partial charge in [0.05, 0.1) is 24.5 Å². The molecule has 0 fully saturated rings. The van der Waals surface area contributed by atoms with Crippen LogP contribution in [-0.4, -0.2) is 51.2 Å². The van der Waals surface area contributed by atoms with Crippen LogP contribution in [0.2, 0.25) is 0 Å². The number of benzene rings is 1. The molecule has 0 saturated carbocycles. The van der Waals surface area contributed by atoms with E-state index in [1.54, 1.807) is 4.90 Å². The number of nitrogens with zero attached hydrogens (tertiary/aromatic N) is 3. The molecule has 2 rings (SSSR count). The zero-order valence-electron chi connectivity index (χ0n) is 16.9. The Balaban J connectivity index is 0.00000450. The Morgan fingerprint density at radius 1 is 1.13 bits per heavy atom. The van der Waals surface area contributed by atoms with Gasteiger partial charge >= 0.3 is 6.18 Å². The van der Waals surface area contributed by atoms with Crippen molar-refractivity contribution < 1.29 is 23.4 Å². The van der Waals surface area contributed by atoms with E-state index in [0.717, 1.165) is 12.1 Å². The first-order chi connectivity index (χ1) is 13.7. The Morgan fingerprint density at radius 2 is 1.77 bits per heavy atom. The van der Waals surface area contributed by atoms with Crippen LogP contribution < -0.4 is 5.56 Å². The van der Waals surface area contributed by atoms with Crippen molar-refractivity contribution in [1.29, 1.82) is 0 Å². The molecule has 10 heteroatoms. The molecule has 0 unspecified atom stereocenters. The fraction of sp³-hybridized carbons (Fsp3) is 0.500. The molecule has 168 valence electrons. The summed E-state index contributed by atoms with van der Waals surface area (Å²) in [5, 5.41) is 22.7. The van der Waals surface area contributed by atoms with E-state index in [2.05, 4.69) is 5.10 Å². The second-order valence-electron chi connectivity index (χ2n) is 7.24. The quantitative estimate of drug-likeness (QED) is 0.615. The summed E-state index contributed by atoms with van der Waals surface area (Å²) < 4.78 is 40.5. The van der Waals surface area contributed by atoms with Crippen LogP contribution in [0.1, 0.15) is 25.0 Å². The summed E-state index contributed by atoms with van der Waals surface area (Å²) in [5.41, 5.74) is -0.263. The Kier molecular flexibility index (Phi) is 9.96. The summed E-state index contributed by atoms with van der Waals surface area (Å²) in [6.07, 6.45) is -4.48. The molecule has 1 aromatic heterocycles. The van der Waals surface area contributed by atoms with Gasteiger partial charge in [0.25, 0.3) is 5.56 Å². The maximum atomic E-state index is 13.1. The van der Waals surface area contributed by atoms with Crippen LogP contribution in [0.4, 0.5) is 13.2 Å². The predicted octanol–water partition coefficient (Wildman–Crippen LogP) is 2.79. The summed E-state index contributed by atoms with van der Waals surface area (Å²) >= 11 is 0. The highest BCUT2D eigenvalue weighted by Crippen LogP contribution is 2.31. The number of aliphatic hydroxyl groups excluding tert-OH is 2. The number of hydrogen-bond acceptors (Lipinski definition) is 5. The van der Waals surface area contributed by atoms with Crippen molar-refractivity contribution in [3.05, 3.63) is 51.8 Å². The molecular weight excluding hydrogens is 423 g/mol. The van der Waals surface area contributed by atoms with Crippen LogP contribution in [0, 0.1) is 5.92 Å². The molecule has 30 heavy (non-hydrogen) atoms. The molecule has 0 radical (unpaired) electrons. The van der Waals surface area contributed by atoms with E-state index in [1.807, 2.05) is 13.8 Å². The predicted molar refractivity (Wildman–Crippen MR) is 110 cm³/mol. The molecule has 0 bridgehead atoms. The van der Waals surface area contributed by atoms with Crippen LogP contribution in [0.5, 0.6) is 0 Å². The lowest BCUT2D eigenvalue weighted by Crippen LogP contribution is -2.35. The normalized spacial score (nSPS) is 11.8. The first-order valence-electron chi connectivity index (χ1n) is 9.38. The minimum Gasteiger partial charge on any atom is -0.395 e. The highest BCUT2D eigenvalue weighted by molar-refractivity contribution is 5.85.